The maximum atomic E-state index is 10.2. The molecule has 1 saturated heterocycles. The van der Waals surface area contributed by atoms with Gasteiger partial charge in [-0.05, 0) is 57.7 Å². The number of benzene rings is 1. The zero-order valence-corrected chi connectivity index (χ0v) is 12.9. The molecular formula is C17H28NO2+. The normalized spacial score (nSPS) is 25.4. The van der Waals surface area contributed by atoms with Crippen molar-refractivity contribution < 1.29 is 14.7 Å². The van der Waals surface area contributed by atoms with Crippen molar-refractivity contribution in [2.24, 2.45) is 0 Å². The van der Waals surface area contributed by atoms with Crippen LogP contribution >= 0.6 is 0 Å². The van der Waals surface area contributed by atoms with Gasteiger partial charge in [0, 0.05) is 0 Å². The van der Waals surface area contributed by atoms with Gasteiger partial charge in [0.05, 0.1) is 12.1 Å². The summed E-state index contributed by atoms with van der Waals surface area (Å²) in [7, 11) is 0. The van der Waals surface area contributed by atoms with Gasteiger partial charge in [0.25, 0.3) is 0 Å². The second-order valence-corrected chi connectivity index (χ2v) is 6.29. The zero-order chi connectivity index (χ0) is 14.5. The highest BCUT2D eigenvalue weighted by atomic mass is 16.5. The molecular weight excluding hydrogens is 250 g/mol. The largest absolute Gasteiger partial charge is 0.491 e. The Bertz CT molecular complexity index is 411. The Labute approximate surface area is 122 Å². The minimum atomic E-state index is -0.395. The highest BCUT2D eigenvalue weighted by Gasteiger charge is 2.30. The molecule has 0 amide bonds. The van der Waals surface area contributed by atoms with Gasteiger partial charge in [-0.3, -0.25) is 0 Å². The summed E-state index contributed by atoms with van der Waals surface area (Å²) < 4.78 is 5.70. The van der Waals surface area contributed by atoms with Crippen LogP contribution in [0.15, 0.2) is 24.3 Å². The predicted molar refractivity (Wildman–Crippen MR) is 81.3 cm³/mol. The Morgan fingerprint density at radius 3 is 2.65 bits per heavy atom. The van der Waals surface area contributed by atoms with Crippen molar-refractivity contribution in [1.29, 1.82) is 0 Å². The van der Waals surface area contributed by atoms with E-state index in [4.69, 9.17) is 4.74 Å². The number of ether oxygens (including phenoxy) is 1. The van der Waals surface area contributed by atoms with E-state index in [1.54, 1.807) is 0 Å². The summed E-state index contributed by atoms with van der Waals surface area (Å²) >= 11 is 0. The number of aryl methyl sites for hydroxylation is 1. The van der Waals surface area contributed by atoms with Crippen molar-refractivity contribution in [3.8, 4) is 5.75 Å². The molecule has 3 nitrogen and oxygen atoms in total. The van der Waals surface area contributed by atoms with Crippen LogP contribution < -0.4 is 9.64 Å². The van der Waals surface area contributed by atoms with Gasteiger partial charge >= 0.3 is 0 Å². The van der Waals surface area contributed by atoms with Crippen LogP contribution in [0.2, 0.25) is 0 Å². The van der Waals surface area contributed by atoms with E-state index in [0.717, 1.165) is 12.3 Å². The summed E-state index contributed by atoms with van der Waals surface area (Å²) in [5, 5.41) is 10.2. The maximum absolute atomic E-state index is 10.2. The minimum Gasteiger partial charge on any atom is -0.491 e. The fourth-order valence-electron chi connectivity index (χ4n) is 3.22. The molecule has 2 rings (SSSR count). The number of quaternary nitrogens is 1. The molecule has 0 unspecified atom stereocenters. The zero-order valence-electron chi connectivity index (χ0n) is 12.9. The second-order valence-electron chi connectivity index (χ2n) is 6.29. The molecule has 1 fully saturated rings. The van der Waals surface area contributed by atoms with Crippen molar-refractivity contribution in [2.75, 3.05) is 13.2 Å². The minimum absolute atomic E-state index is 0.381. The van der Waals surface area contributed by atoms with Gasteiger partial charge in [-0.2, -0.15) is 0 Å². The van der Waals surface area contributed by atoms with E-state index in [9.17, 15) is 5.11 Å². The van der Waals surface area contributed by atoms with Crippen LogP contribution in [0.25, 0.3) is 0 Å². The lowest BCUT2D eigenvalue weighted by Gasteiger charge is -2.36. The molecule has 0 spiro atoms. The summed E-state index contributed by atoms with van der Waals surface area (Å²) in [6.07, 6.45) is 3.46. The highest BCUT2D eigenvalue weighted by Crippen LogP contribution is 2.12. The molecule has 2 N–H and O–H groups in total. The molecule has 0 aromatic heterocycles. The Hall–Kier alpha value is -1.06. The van der Waals surface area contributed by atoms with E-state index in [2.05, 4.69) is 13.8 Å². The molecule has 1 heterocycles. The van der Waals surface area contributed by atoms with Crippen LogP contribution in [-0.2, 0) is 0 Å². The SMILES string of the molecule is Cc1cccc(OC[C@@H](O)C[NH+]2[C@@H](C)CCC[C@@H]2C)c1. The van der Waals surface area contributed by atoms with Crippen molar-refractivity contribution in [1.82, 2.24) is 0 Å². The standard InChI is InChI=1S/C17H27NO2/c1-13-6-4-9-17(10-13)20-12-16(19)11-18-14(2)7-5-8-15(18)3/h4,6,9-10,14-16,19H,5,7-8,11-12H2,1-3H3/p+1/t14-,15-,16-/m0/s1. The van der Waals surface area contributed by atoms with Crippen LogP contribution in [0.5, 0.6) is 5.75 Å². The molecule has 112 valence electrons. The monoisotopic (exact) mass is 278 g/mol. The fraction of sp³-hybridized carbons (Fsp3) is 0.647. The first-order valence-corrected chi connectivity index (χ1v) is 7.79. The van der Waals surface area contributed by atoms with E-state index in [1.807, 2.05) is 31.2 Å². The molecule has 0 radical (unpaired) electrons. The van der Waals surface area contributed by atoms with Crippen molar-refractivity contribution in [3.63, 3.8) is 0 Å². The van der Waals surface area contributed by atoms with Gasteiger partial charge < -0.3 is 14.7 Å². The molecule has 0 bridgehead atoms. The summed E-state index contributed by atoms with van der Waals surface area (Å²) in [5.74, 6) is 0.846. The lowest BCUT2D eigenvalue weighted by Crippen LogP contribution is -3.20. The average Bonchev–Trinajstić information content (AvgIpc) is 2.41. The first kappa shape index (κ1) is 15.3. The van der Waals surface area contributed by atoms with E-state index < -0.39 is 6.10 Å². The van der Waals surface area contributed by atoms with Gasteiger partial charge in [0.1, 0.15) is 25.0 Å². The van der Waals surface area contributed by atoms with Crippen LogP contribution in [0.1, 0.15) is 38.7 Å². The highest BCUT2D eigenvalue weighted by molar-refractivity contribution is 5.27. The van der Waals surface area contributed by atoms with Gasteiger partial charge in [-0.15, -0.1) is 0 Å². The van der Waals surface area contributed by atoms with E-state index in [1.165, 1.54) is 29.7 Å². The number of nitrogens with one attached hydrogen (secondary N) is 1. The number of aliphatic hydroxyl groups is 1. The van der Waals surface area contributed by atoms with E-state index >= 15 is 0 Å². The third-order valence-corrected chi connectivity index (χ3v) is 4.44. The van der Waals surface area contributed by atoms with Gasteiger partial charge in [-0.25, -0.2) is 0 Å². The summed E-state index contributed by atoms with van der Waals surface area (Å²) in [6, 6.07) is 9.27. The smallest absolute Gasteiger partial charge is 0.137 e. The van der Waals surface area contributed by atoms with Crippen LogP contribution in [0.4, 0.5) is 0 Å². The number of rotatable bonds is 5. The molecule has 1 aromatic rings. The van der Waals surface area contributed by atoms with Crippen LogP contribution in [0, 0.1) is 6.92 Å². The van der Waals surface area contributed by atoms with Crippen molar-refractivity contribution >= 4 is 0 Å². The number of hydrogen-bond donors (Lipinski definition) is 2. The topological polar surface area (TPSA) is 33.9 Å². The number of likely N-dealkylation sites (tertiary alicyclic amines) is 1. The van der Waals surface area contributed by atoms with Gasteiger partial charge in [-0.1, -0.05) is 12.1 Å². The number of hydrogen-bond acceptors (Lipinski definition) is 2. The molecule has 1 aromatic carbocycles. The van der Waals surface area contributed by atoms with Gasteiger partial charge in [0.2, 0.25) is 0 Å². The summed E-state index contributed by atoms with van der Waals surface area (Å²) in [5.41, 5.74) is 1.18. The van der Waals surface area contributed by atoms with E-state index in [0.29, 0.717) is 18.7 Å². The number of aliphatic hydroxyl groups excluding tert-OH is 1. The van der Waals surface area contributed by atoms with Crippen LogP contribution in [0.3, 0.4) is 0 Å². The first-order chi connectivity index (χ1) is 9.56. The predicted octanol–water partition coefficient (Wildman–Crippen LogP) is 1.58. The second kappa shape index (κ2) is 7.09. The van der Waals surface area contributed by atoms with Crippen molar-refractivity contribution in [3.05, 3.63) is 29.8 Å². The lowest BCUT2D eigenvalue weighted by molar-refractivity contribution is -0.954. The molecule has 0 aliphatic carbocycles. The molecule has 3 atom stereocenters. The number of piperidine rings is 1. The summed E-state index contributed by atoms with van der Waals surface area (Å²) in [4.78, 5) is 1.52. The third kappa shape index (κ3) is 4.22. The third-order valence-electron chi connectivity index (χ3n) is 4.44. The Kier molecular flexibility index (Phi) is 5.44. The molecule has 1 aliphatic rings. The average molecular weight is 278 g/mol. The van der Waals surface area contributed by atoms with E-state index in [-0.39, 0.29) is 0 Å². The Morgan fingerprint density at radius 1 is 1.30 bits per heavy atom. The lowest BCUT2D eigenvalue weighted by atomic mass is 9.97. The maximum Gasteiger partial charge on any atom is 0.137 e. The molecule has 0 saturated carbocycles. The quantitative estimate of drug-likeness (QED) is 0.857. The molecule has 3 heteroatoms. The Morgan fingerprint density at radius 2 is 2.00 bits per heavy atom. The van der Waals surface area contributed by atoms with Crippen molar-refractivity contribution in [2.45, 2.75) is 58.2 Å². The molecule has 1 aliphatic heterocycles. The van der Waals surface area contributed by atoms with Gasteiger partial charge in [0.15, 0.2) is 0 Å². The summed E-state index contributed by atoms with van der Waals surface area (Å²) in [6.45, 7) is 7.79. The Balaban J connectivity index is 1.81. The molecule has 20 heavy (non-hydrogen) atoms. The fourth-order valence-corrected chi connectivity index (χ4v) is 3.22. The van der Waals surface area contributed by atoms with Crippen LogP contribution in [-0.4, -0.2) is 36.4 Å². The first-order valence-electron chi connectivity index (χ1n) is 7.79.